The summed E-state index contributed by atoms with van der Waals surface area (Å²) in [4.78, 5) is 12.4. The molecule has 1 aliphatic carbocycles. The Kier molecular flexibility index (Phi) is 5.04. The molecule has 1 fully saturated rings. The van der Waals surface area contributed by atoms with Crippen LogP contribution in [-0.4, -0.2) is 26.6 Å². The lowest BCUT2D eigenvalue weighted by Gasteiger charge is -2.29. The molecule has 0 aromatic heterocycles. The van der Waals surface area contributed by atoms with E-state index in [-0.39, 0.29) is 23.3 Å². The topological polar surface area (TPSA) is 63.2 Å². The van der Waals surface area contributed by atoms with E-state index >= 15 is 0 Å². The number of sulfone groups is 1. The number of hydrogen-bond donors (Lipinski definition) is 1. The van der Waals surface area contributed by atoms with E-state index in [1.165, 1.54) is 12.7 Å². The van der Waals surface area contributed by atoms with Gasteiger partial charge in [-0.15, -0.1) is 0 Å². The highest BCUT2D eigenvalue weighted by atomic mass is 32.2. The van der Waals surface area contributed by atoms with Gasteiger partial charge in [0.15, 0.2) is 9.84 Å². The molecule has 1 amide bonds. The second-order valence-corrected chi connectivity index (χ2v) is 7.98. The Bertz CT molecular complexity index is 610. The minimum Gasteiger partial charge on any atom is -0.353 e. The molecular weight excluding hydrogens is 286 g/mol. The summed E-state index contributed by atoms with van der Waals surface area (Å²) in [5.74, 6) is 0.401. The first kappa shape index (κ1) is 16.0. The molecule has 1 aliphatic rings. The van der Waals surface area contributed by atoms with Gasteiger partial charge in [0.1, 0.15) is 0 Å². The SMILES string of the molecule is CC1CCCCC1NC(=O)Cc1ccccc1S(C)(=O)=O. The lowest BCUT2D eigenvalue weighted by molar-refractivity contribution is -0.121. The van der Waals surface area contributed by atoms with Gasteiger partial charge in [-0.1, -0.05) is 38.0 Å². The maximum Gasteiger partial charge on any atom is 0.224 e. The number of nitrogens with one attached hydrogen (secondary N) is 1. The summed E-state index contributed by atoms with van der Waals surface area (Å²) in [5, 5.41) is 3.06. The Hall–Kier alpha value is -1.36. The molecule has 1 N–H and O–H groups in total. The predicted octanol–water partition coefficient (Wildman–Crippen LogP) is 2.33. The van der Waals surface area contributed by atoms with Crippen LogP contribution in [0, 0.1) is 5.92 Å². The fraction of sp³-hybridized carbons (Fsp3) is 0.562. The standard InChI is InChI=1S/C16H23NO3S/c1-12-7-3-5-9-14(12)17-16(18)11-13-8-4-6-10-15(13)21(2,19)20/h4,6,8,10,12,14H,3,5,7,9,11H2,1-2H3,(H,17,18). The number of hydrogen-bond acceptors (Lipinski definition) is 3. The molecule has 0 saturated heterocycles. The monoisotopic (exact) mass is 309 g/mol. The van der Waals surface area contributed by atoms with Crippen LogP contribution in [0.25, 0.3) is 0 Å². The van der Waals surface area contributed by atoms with E-state index < -0.39 is 9.84 Å². The predicted molar refractivity (Wildman–Crippen MR) is 82.8 cm³/mol. The molecule has 2 unspecified atom stereocenters. The van der Waals surface area contributed by atoms with Gasteiger partial charge in [-0.2, -0.15) is 0 Å². The zero-order chi connectivity index (χ0) is 15.5. The van der Waals surface area contributed by atoms with Crippen LogP contribution in [-0.2, 0) is 21.1 Å². The van der Waals surface area contributed by atoms with Crippen LogP contribution in [0.15, 0.2) is 29.2 Å². The second-order valence-electron chi connectivity index (χ2n) is 5.99. The zero-order valence-electron chi connectivity index (χ0n) is 12.6. The van der Waals surface area contributed by atoms with Crippen LogP contribution in [0.3, 0.4) is 0 Å². The van der Waals surface area contributed by atoms with Gasteiger partial charge in [0.05, 0.1) is 11.3 Å². The summed E-state index contributed by atoms with van der Waals surface area (Å²) < 4.78 is 23.5. The van der Waals surface area contributed by atoms with Crippen molar-refractivity contribution in [1.82, 2.24) is 5.32 Å². The third-order valence-electron chi connectivity index (χ3n) is 4.18. The first-order chi connectivity index (χ1) is 9.88. The number of amides is 1. The molecule has 4 nitrogen and oxygen atoms in total. The van der Waals surface area contributed by atoms with Crippen molar-refractivity contribution in [2.45, 2.75) is 50.0 Å². The molecule has 1 aromatic carbocycles. The van der Waals surface area contributed by atoms with E-state index in [9.17, 15) is 13.2 Å². The molecule has 21 heavy (non-hydrogen) atoms. The molecular formula is C16H23NO3S. The van der Waals surface area contributed by atoms with Crippen molar-refractivity contribution >= 4 is 15.7 Å². The molecule has 1 saturated carbocycles. The van der Waals surface area contributed by atoms with Crippen molar-refractivity contribution in [1.29, 1.82) is 0 Å². The number of carbonyl (C=O) groups is 1. The average molecular weight is 309 g/mol. The summed E-state index contributed by atoms with van der Waals surface area (Å²) in [5.41, 5.74) is 0.570. The largest absolute Gasteiger partial charge is 0.353 e. The molecule has 2 rings (SSSR count). The summed E-state index contributed by atoms with van der Waals surface area (Å²) in [7, 11) is -3.30. The van der Waals surface area contributed by atoms with Crippen LogP contribution in [0.1, 0.15) is 38.2 Å². The molecule has 5 heteroatoms. The highest BCUT2D eigenvalue weighted by Crippen LogP contribution is 2.24. The number of benzene rings is 1. The number of rotatable bonds is 4. The molecule has 0 heterocycles. The highest BCUT2D eigenvalue weighted by molar-refractivity contribution is 7.90. The van der Waals surface area contributed by atoms with Gasteiger partial charge < -0.3 is 5.32 Å². The zero-order valence-corrected chi connectivity index (χ0v) is 13.4. The first-order valence-corrected chi connectivity index (χ1v) is 9.34. The van der Waals surface area contributed by atoms with Crippen molar-refractivity contribution in [2.24, 2.45) is 5.92 Å². The Morgan fingerprint density at radius 1 is 1.24 bits per heavy atom. The summed E-state index contributed by atoms with van der Waals surface area (Å²) in [6.07, 6.45) is 5.82. The summed E-state index contributed by atoms with van der Waals surface area (Å²) >= 11 is 0. The van der Waals surface area contributed by atoms with E-state index in [2.05, 4.69) is 12.2 Å². The van der Waals surface area contributed by atoms with Crippen molar-refractivity contribution in [2.75, 3.05) is 6.26 Å². The summed E-state index contributed by atoms with van der Waals surface area (Å²) in [6, 6.07) is 6.93. The van der Waals surface area contributed by atoms with Gasteiger partial charge in [-0.25, -0.2) is 8.42 Å². The average Bonchev–Trinajstić information content (AvgIpc) is 2.41. The molecule has 1 aromatic rings. The van der Waals surface area contributed by atoms with Crippen LogP contribution in [0.4, 0.5) is 0 Å². The van der Waals surface area contributed by atoms with E-state index in [1.54, 1.807) is 24.3 Å². The van der Waals surface area contributed by atoms with Crippen LogP contribution in [0.2, 0.25) is 0 Å². The van der Waals surface area contributed by atoms with Crippen LogP contribution in [0.5, 0.6) is 0 Å². The fourth-order valence-electron chi connectivity index (χ4n) is 2.97. The van der Waals surface area contributed by atoms with E-state index in [0.29, 0.717) is 11.5 Å². The van der Waals surface area contributed by atoms with Gasteiger partial charge in [-0.05, 0) is 30.4 Å². The van der Waals surface area contributed by atoms with E-state index in [4.69, 9.17) is 0 Å². The first-order valence-electron chi connectivity index (χ1n) is 7.45. The van der Waals surface area contributed by atoms with Gasteiger partial charge in [0.2, 0.25) is 5.91 Å². The minimum atomic E-state index is -3.30. The Balaban J connectivity index is 2.06. The van der Waals surface area contributed by atoms with Gasteiger partial charge in [-0.3, -0.25) is 4.79 Å². The summed E-state index contributed by atoms with van der Waals surface area (Å²) in [6.45, 7) is 2.16. The van der Waals surface area contributed by atoms with Gasteiger partial charge in [0.25, 0.3) is 0 Å². The van der Waals surface area contributed by atoms with Gasteiger partial charge in [0, 0.05) is 12.3 Å². The highest BCUT2D eigenvalue weighted by Gasteiger charge is 2.23. The third kappa shape index (κ3) is 4.30. The molecule has 2 atom stereocenters. The Morgan fingerprint density at radius 2 is 1.90 bits per heavy atom. The second kappa shape index (κ2) is 6.60. The maximum atomic E-state index is 12.2. The molecule has 0 radical (unpaired) electrons. The smallest absolute Gasteiger partial charge is 0.224 e. The van der Waals surface area contributed by atoms with E-state index in [1.807, 2.05) is 0 Å². The maximum absolute atomic E-state index is 12.2. The molecule has 116 valence electrons. The van der Waals surface area contributed by atoms with Crippen molar-refractivity contribution in [3.63, 3.8) is 0 Å². The van der Waals surface area contributed by atoms with Crippen molar-refractivity contribution in [3.8, 4) is 0 Å². The van der Waals surface area contributed by atoms with Crippen LogP contribution >= 0.6 is 0 Å². The minimum absolute atomic E-state index is 0.0927. The van der Waals surface area contributed by atoms with Gasteiger partial charge >= 0.3 is 0 Å². The third-order valence-corrected chi connectivity index (χ3v) is 5.38. The fourth-order valence-corrected chi connectivity index (χ4v) is 3.92. The van der Waals surface area contributed by atoms with Crippen molar-refractivity contribution in [3.05, 3.63) is 29.8 Å². The molecule has 0 aliphatic heterocycles. The Labute approximate surface area is 126 Å². The molecule has 0 spiro atoms. The Morgan fingerprint density at radius 3 is 2.57 bits per heavy atom. The number of carbonyl (C=O) groups excluding carboxylic acids is 1. The normalized spacial score (nSPS) is 22.8. The quantitative estimate of drug-likeness (QED) is 0.928. The van der Waals surface area contributed by atoms with Crippen LogP contribution < -0.4 is 5.32 Å². The van der Waals surface area contributed by atoms with E-state index in [0.717, 1.165) is 19.3 Å². The lowest BCUT2D eigenvalue weighted by Crippen LogP contribution is -2.41. The molecule has 0 bridgehead atoms. The van der Waals surface area contributed by atoms with Crippen molar-refractivity contribution < 1.29 is 13.2 Å². The lowest BCUT2D eigenvalue weighted by atomic mass is 9.86.